The Morgan fingerprint density at radius 2 is 1.87 bits per heavy atom. The summed E-state index contributed by atoms with van der Waals surface area (Å²) in [6.07, 6.45) is 3.93. The number of carbonyl (C=O) groups excluding carboxylic acids is 2. The van der Waals surface area contributed by atoms with E-state index in [1.54, 1.807) is 0 Å². The van der Waals surface area contributed by atoms with Crippen molar-refractivity contribution in [2.45, 2.75) is 38.6 Å². The van der Waals surface area contributed by atoms with Crippen molar-refractivity contribution in [3.05, 3.63) is 70.4 Å². The van der Waals surface area contributed by atoms with Crippen molar-refractivity contribution in [2.75, 3.05) is 20.2 Å². The average Bonchev–Trinajstić information content (AvgIpc) is 3.17. The van der Waals surface area contributed by atoms with Crippen LogP contribution >= 0.6 is 0 Å². The van der Waals surface area contributed by atoms with Gasteiger partial charge < -0.3 is 14.6 Å². The summed E-state index contributed by atoms with van der Waals surface area (Å²) in [6, 6.07) is 12.5. The Labute approximate surface area is 182 Å². The molecule has 1 aliphatic carbocycles. The van der Waals surface area contributed by atoms with Crippen molar-refractivity contribution in [1.82, 2.24) is 9.88 Å². The van der Waals surface area contributed by atoms with Gasteiger partial charge in [0, 0.05) is 41.5 Å². The molecule has 1 aliphatic heterocycles. The molecule has 1 saturated heterocycles. The Kier molecular flexibility index (Phi) is 4.94. The smallest absolute Gasteiger partial charge is 0.339 e. The molecule has 0 amide bonds. The number of likely N-dealkylation sites (N-methyl/N-ethyl adjacent to an activating group) is 1. The van der Waals surface area contributed by atoms with Gasteiger partial charge in [0.1, 0.15) is 0 Å². The number of aryl methyl sites for hydroxylation is 2. The number of piperidine rings is 1. The van der Waals surface area contributed by atoms with Gasteiger partial charge in [-0.15, -0.1) is 0 Å². The number of esters is 1. The summed E-state index contributed by atoms with van der Waals surface area (Å²) in [7, 11) is 2.11. The van der Waals surface area contributed by atoms with Crippen molar-refractivity contribution in [3.63, 3.8) is 0 Å². The van der Waals surface area contributed by atoms with E-state index in [1.165, 1.54) is 22.0 Å². The van der Waals surface area contributed by atoms with Crippen LogP contribution in [0.5, 0.6) is 0 Å². The summed E-state index contributed by atoms with van der Waals surface area (Å²) < 4.78 is 5.47. The van der Waals surface area contributed by atoms with E-state index in [2.05, 4.69) is 41.3 Å². The van der Waals surface area contributed by atoms with Gasteiger partial charge in [-0.1, -0.05) is 30.3 Å². The quantitative estimate of drug-likeness (QED) is 0.649. The molecule has 1 N–H and O–H groups in total. The minimum atomic E-state index is -0.412. The molecule has 0 saturated carbocycles. The maximum Gasteiger partial charge on any atom is 0.339 e. The van der Waals surface area contributed by atoms with Crippen LogP contribution in [-0.4, -0.2) is 47.9 Å². The molecule has 3 atom stereocenters. The normalized spacial score (nSPS) is 22.9. The average molecular weight is 417 g/mol. The number of hydrogen-bond donors (Lipinski definition) is 1. The predicted octanol–water partition coefficient (Wildman–Crippen LogP) is 4.17. The summed E-state index contributed by atoms with van der Waals surface area (Å²) in [5.41, 5.74) is 6.18. The third kappa shape index (κ3) is 3.37. The second-order valence-corrected chi connectivity index (χ2v) is 9.14. The van der Waals surface area contributed by atoms with E-state index in [4.69, 9.17) is 4.74 Å². The lowest BCUT2D eigenvalue weighted by atomic mass is 9.72. The molecule has 3 aromatic rings. The maximum atomic E-state index is 13.1. The fourth-order valence-electron chi connectivity index (χ4n) is 5.64. The van der Waals surface area contributed by atoms with E-state index in [-0.39, 0.29) is 18.3 Å². The van der Waals surface area contributed by atoms with Crippen LogP contribution in [0.1, 0.15) is 45.0 Å². The van der Waals surface area contributed by atoms with Crippen molar-refractivity contribution >= 4 is 22.7 Å². The Balaban J connectivity index is 1.32. The number of aromatic nitrogens is 1. The maximum absolute atomic E-state index is 13.1. The Hall–Kier alpha value is -2.92. The van der Waals surface area contributed by atoms with Crippen LogP contribution in [0.25, 0.3) is 10.9 Å². The molecule has 31 heavy (non-hydrogen) atoms. The second-order valence-electron chi connectivity index (χ2n) is 9.14. The first-order valence-corrected chi connectivity index (χ1v) is 11.0. The number of ketones is 1. The number of carbonyl (C=O) groups is 2. The number of aromatic amines is 1. The number of nitrogens with zero attached hydrogens (tertiary/aromatic N) is 1. The first-order valence-electron chi connectivity index (χ1n) is 11.0. The van der Waals surface area contributed by atoms with Gasteiger partial charge in [-0.3, -0.25) is 4.79 Å². The molecular weight excluding hydrogens is 388 g/mol. The van der Waals surface area contributed by atoms with E-state index in [9.17, 15) is 9.59 Å². The second kappa shape index (κ2) is 7.65. The SMILES string of the molecule is Cc1cccc(C)c1C(=O)OCC(=O)C1CC2c3cccc4[nH]cc(c34)C[C@H]2N(C)C1. The Bertz CT molecular complexity index is 1160. The molecule has 2 aromatic carbocycles. The van der Waals surface area contributed by atoms with Crippen LogP contribution in [0.3, 0.4) is 0 Å². The first-order chi connectivity index (χ1) is 14.9. The van der Waals surface area contributed by atoms with E-state index >= 15 is 0 Å². The van der Waals surface area contributed by atoms with Gasteiger partial charge in [0.25, 0.3) is 0 Å². The van der Waals surface area contributed by atoms with Crippen LogP contribution in [0.4, 0.5) is 0 Å². The highest BCUT2D eigenvalue weighted by Gasteiger charge is 2.41. The number of Topliss-reactive ketones (excluding diaryl/α,β-unsaturated/α-hetero) is 1. The van der Waals surface area contributed by atoms with Gasteiger partial charge in [-0.2, -0.15) is 0 Å². The van der Waals surface area contributed by atoms with E-state index in [0.717, 1.165) is 24.0 Å². The highest BCUT2D eigenvalue weighted by molar-refractivity contribution is 5.95. The first kappa shape index (κ1) is 20.0. The van der Waals surface area contributed by atoms with Crippen molar-refractivity contribution in [2.24, 2.45) is 5.92 Å². The van der Waals surface area contributed by atoms with Gasteiger partial charge in [-0.05, 0) is 62.1 Å². The largest absolute Gasteiger partial charge is 0.454 e. The van der Waals surface area contributed by atoms with E-state index in [0.29, 0.717) is 24.1 Å². The number of benzene rings is 2. The standard InChI is InChI=1S/C26H28N2O3/c1-15-6-4-7-16(2)24(15)26(30)31-14-23(29)18-10-20-19-8-5-9-21-25(19)17(12-27-21)11-22(20)28(3)13-18/h4-9,12,18,20,22,27H,10-11,13-14H2,1-3H3/t18?,20?,22-/m1/s1. The number of nitrogens with one attached hydrogen (secondary N) is 1. The van der Waals surface area contributed by atoms with Gasteiger partial charge in [0.2, 0.25) is 0 Å². The van der Waals surface area contributed by atoms with Crippen LogP contribution < -0.4 is 0 Å². The molecule has 1 fully saturated rings. The molecule has 0 spiro atoms. The minimum absolute atomic E-state index is 0.0110. The van der Waals surface area contributed by atoms with Gasteiger partial charge in [0.15, 0.2) is 12.4 Å². The lowest BCUT2D eigenvalue weighted by Gasteiger charge is -2.45. The van der Waals surface area contributed by atoms with Gasteiger partial charge in [-0.25, -0.2) is 4.79 Å². The predicted molar refractivity (Wildman–Crippen MR) is 120 cm³/mol. The monoisotopic (exact) mass is 416 g/mol. The number of ether oxygens (including phenoxy) is 1. The third-order valence-electron chi connectivity index (χ3n) is 7.21. The number of fused-ring (bicyclic) bond motifs is 2. The van der Waals surface area contributed by atoms with E-state index < -0.39 is 5.97 Å². The highest BCUT2D eigenvalue weighted by atomic mass is 16.5. The number of rotatable bonds is 4. The van der Waals surface area contributed by atoms with Crippen LogP contribution in [0, 0.1) is 19.8 Å². The van der Waals surface area contributed by atoms with Crippen molar-refractivity contribution < 1.29 is 14.3 Å². The lowest BCUT2D eigenvalue weighted by Crippen LogP contribution is -2.50. The minimum Gasteiger partial charge on any atom is -0.454 e. The van der Waals surface area contributed by atoms with Crippen LogP contribution in [0.15, 0.2) is 42.6 Å². The Morgan fingerprint density at radius 3 is 2.65 bits per heavy atom. The molecule has 5 heteroatoms. The zero-order valence-electron chi connectivity index (χ0n) is 18.3. The third-order valence-corrected chi connectivity index (χ3v) is 7.21. The molecule has 0 bridgehead atoms. The molecular formula is C26H28N2O3. The van der Waals surface area contributed by atoms with Gasteiger partial charge in [0.05, 0.1) is 5.56 Å². The molecule has 2 unspecified atom stereocenters. The van der Waals surface area contributed by atoms with E-state index in [1.807, 2.05) is 32.0 Å². The van der Waals surface area contributed by atoms with Crippen molar-refractivity contribution in [3.8, 4) is 0 Å². The molecule has 2 heterocycles. The summed E-state index contributed by atoms with van der Waals surface area (Å²) in [4.78, 5) is 31.4. The van der Waals surface area contributed by atoms with Crippen LogP contribution in [0.2, 0.25) is 0 Å². The molecule has 0 radical (unpaired) electrons. The molecule has 5 nitrogen and oxygen atoms in total. The number of likely N-dealkylation sites (tertiary alicyclic amines) is 1. The summed E-state index contributed by atoms with van der Waals surface area (Å²) in [6.45, 7) is 4.32. The number of H-pyrrole nitrogens is 1. The lowest BCUT2D eigenvalue weighted by molar-refractivity contribution is -0.128. The highest BCUT2D eigenvalue weighted by Crippen LogP contribution is 2.44. The number of hydrogen-bond acceptors (Lipinski definition) is 4. The fraction of sp³-hybridized carbons (Fsp3) is 0.385. The zero-order valence-corrected chi connectivity index (χ0v) is 18.3. The molecule has 2 aliphatic rings. The zero-order chi connectivity index (χ0) is 21.7. The van der Waals surface area contributed by atoms with Crippen LogP contribution in [-0.2, 0) is 16.0 Å². The molecule has 1 aromatic heterocycles. The van der Waals surface area contributed by atoms with Crippen molar-refractivity contribution in [1.29, 1.82) is 0 Å². The van der Waals surface area contributed by atoms with Gasteiger partial charge >= 0.3 is 5.97 Å². The summed E-state index contributed by atoms with van der Waals surface area (Å²) in [5, 5.41) is 1.33. The summed E-state index contributed by atoms with van der Waals surface area (Å²) in [5.74, 6) is -0.218. The fourth-order valence-corrected chi connectivity index (χ4v) is 5.64. The molecule has 160 valence electrons. The topological polar surface area (TPSA) is 62.4 Å². The Morgan fingerprint density at radius 1 is 1.13 bits per heavy atom. The molecule has 5 rings (SSSR count). The summed E-state index contributed by atoms with van der Waals surface area (Å²) >= 11 is 0.